The van der Waals surface area contributed by atoms with E-state index in [2.05, 4.69) is 10.3 Å². The Morgan fingerprint density at radius 1 is 1.08 bits per heavy atom. The van der Waals surface area contributed by atoms with E-state index in [0.717, 1.165) is 29.5 Å². The van der Waals surface area contributed by atoms with Gasteiger partial charge in [0.05, 0.1) is 12.8 Å². The van der Waals surface area contributed by atoms with E-state index in [1.807, 2.05) is 47.4 Å². The molecular formula is C30H33N5O4. The van der Waals surface area contributed by atoms with Gasteiger partial charge in [0.2, 0.25) is 5.91 Å². The Kier molecular flexibility index (Phi) is 7.24. The van der Waals surface area contributed by atoms with Gasteiger partial charge < -0.3 is 20.4 Å². The van der Waals surface area contributed by atoms with Gasteiger partial charge in [0.15, 0.2) is 11.5 Å². The van der Waals surface area contributed by atoms with Gasteiger partial charge in [-0.3, -0.25) is 19.3 Å². The number of nitrogens with zero attached hydrogens (tertiary/aromatic N) is 3. The van der Waals surface area contributed by atoms with Gasteiger partial charge in [-0.15, -0.1) is 0 Å². The summed E-state index contributed by atoms with van der Waals surface area (Å²) in [6.07, 6.45) is 3.23. The lowest BCUT2D eigenvalue weighted by atomic mass is 9.89. The maximum absolute atomic E-state index is 13.7. The normalized spacial score (nSPS) is 19.7. The lowest BCUT2D eigenvalue weighted by molar-refractivity contribution is -0.133. The Morgan fingerprint density at radius 2 is 1.79 bits per heavy atom. The van der Waals surface area contributed by atoms with Crippen LogP contribution in [0.2, 0.25) is 0 Å². The van der Waals surface area contributed by atoms with Crippen LogP contribution in [0.1, 0.15) is 48.4 Å². The highest BCUT2D eigenvalue weighted by molar-refractivity contribution is 6.07. The first-order chi connectivity index (χ1) is 18.7. The maximum Gasteiger partial charge on any atom is 0.261 e. The number of furan rings is 1. The minimum absolute atomic E-state index is 0.0827. The van der Waals surface area contributed by atoms with Gasteiger partial charge in [0.1, 0.15) is 5.76 Å². The second-order valence-electron chi connectivity index (χ2n) is 10.3. The van der Waals surface area contributed by atoms with Crippen LogP contribution in [-0.2, 0) is 21.7 Å². The number of piperidine rings is 1. The zero-order valence-corrected chi connectivity index (χ0v) is 22.2. The zero-order chi connectivity index (χ0) is 27.6. The van der Waals surface area contributed by atoms with Crippen molar-refractivity contribution in [2.45, 2.75) is 38.8 Å². The van der Waals surface area contributed by atoms with Crippen LogP contribution >= 0.6 is 0 Å². The largest absolute Gasteiger partial charge is 0.467 e. The Bertz CT molecular complexity index is 1410. The van der Waals surface area contributed by atoms with Crippen LogP contribution in [0, 0.1) is 5.92 Å². The number of nitrogens with one attached hydrogen (secondary N) is 1. The lowest BCUT2D eigenvalue weighted by Gasteiger charge is -2.33. The SMILES string of the molecule is CC(=O)N1CCC(CN2C(=O)C(C)(c3cccc(-c4cccc(C(=O)NCc5ccco5)c4)c3)N=C2N)CC1. The highest BCUT2D eigenvalue weighted by atomic mass is 16.3. The van der Waals surface area contributed by atoms with E-state index in [0.29, 0.717) is 37.5 Å². The first kappa shape index (κ1) is 26.2. The molecule has 1 fully saturated rings. The van der Waals surface area contributed by atoms with Crippen molar-refractivity contribution in [3.05, 3.63) is 83.8 Å². The zero-order valence-electron chi connectivity index (χ0n) is 22.2. The van der Waals surface area contributed by atoms with Gasteiger partial charge >= 0.3 is 0 Å². The van der Waals surface area contributed by atoms with Crippen LogP contribution in [-0.4, -0.2) is 53.1 Å². The standard InChI is InChI=1S/C30H33N5O4/c1-20(36)34-13-11-21(12-14-34)19-35-28(38)30(2,33-29(35)31)25-9-4-7-23(17-25)22-6-3-8-24(16-22)27(37)32-18-26-10-5-15-39-26/h3-10,15-17,21H,11-14,18-19H2,1-2H3,(H2,31,33)(H,32,37). The molecule has 0 radical (unpaired) electrons. The molecule has 2 aliphatic rings. The van der Waals surface area contributed by atoms with Crippen molar-refractivity contribution < 1.29 is 18.8 Å². The van der Waals surface area contributed by atoms with Crippen molar-refractivity contribution in [3.63, 3.8) is 0 Å². The fourth-order valence-corrected chi connectivity index (χ4v) is 5.28. The number of likely N-dealkylation sites (tertiary alicyclic amines) is 1. The second-order valence-corrected chi connectivity index (χ2v) is 10.3. The summed E-state index contributed by atoms with van der Waals surface area (Å²) in [5.74, 6) is 0.879. The van der Waals surface area contributed by atoms with Crippen molar-refractivity contribution in [1.29, 1.82) is 0 Å². The van der Waals surface area contributed by atoms with E-state index in [4.69, 9.17) is 10.2 Å². The van der Waals surface area contributed by atoms with Crippen molar-refractivity contribution in [1.82, 2.24) is 15.1 Å². The molecule has 202 valence electrons. The molecule has 1 saturated heterocycles. The van der Waals surface area contributed by atoms with Gasteiger partial charge in [0.25, 0.3) is 11.8 Å². The predicted octanol–water partition coefficient (Wildman–Crippen LogP) is 3.51. The average molecular weight is 528 g/mol. The predicted molar refractivity (Wildman–Crippen MR) is 147 cm³/mol. The van der Waals surface area contributed by atoms with E-state index in [1.165, 1.54) is 0 Å². The molecule has 2 aliphatic heterocycles. The molecule has 5 rings (SSSR count). The number of carbonyl (C=O) groups excluding carboxylic acids is 3. The fraction of sp³-hybridized carbons (Fsp3) is 0.333. The molecule has 3 aromatic rings. The number of hydrogen-bond donors (Lipinski definition) is 2. The van der Waals surface area contributed by atoms with Gasteiger partial charge in [-0.25, -0.2) is 4.99 Å². The minimum atomic E-state index is -1.14. The number of carbonyl (C=O) groups is 3. The number of guanidine groups is 1. The molecule has 1 aromatic heterocycles. The fourth-order valence-electron chi connectivity index (χ4n) is 5.28. The van der Waals surface area contributed by atoms with Crippen molar-refractivity contribution in [3.8, 4) is 11.1 Å². The molecule has 39 heavy (non-hydrogen) atoms. The molecular weight excluding hydrogens is 494 g/mol. The number of amides is 3. The summed E-state index contributed by atoms with van der Waals surface area (Å²) >= 11 is 0. The molecule has 9 heteroatoms. The number of benzene rings is 2. The van der Waals surface area contributed by atoms with Crippen LogP contribution < -0.4 is 11.1 Å². The third kappa shape index (κ3) is 5.43. The van der Waals surface area contributed by atoms with Crippen molar-refractivity contribution in [2.75, 3.05) is 19.6 Å². The Balaban J connectivity index is 1.30. The van der Waals surface area contributed by atoms with Crippen LogP contribution in [0.25, 0.3) is 11.1 Å². The van der Waals surface area contributed by atoms with E-state index in [-0.39, 0.29) is 29.6 Å². The highest BCUT2D eigenvalue weighted by Gasteiger charge is 2.46. The monoisotopic (exact) mass is 527 g/mol. The average Bonchev–Trinajstić information content (AvgIpc) is 3.55. The van der Waals surface area contributed by atoms with E-state index >= 15 is 0 Å². The third-order valence-corrected chi connectivity index (χ3v) is 7.66. The number of nitrogens with two attached hydrogens (primary N) is 1. The lowest BCUT2D eigenvalue weighted by Crippen LogP contribution is -2.46. The molecule has 3 N–H and O–H groups in total. The van der Waals surface area contributed by atoms with Crippen LogP contribution in [0.15, 0.2) is 76.3 Å². The highest BCUT2D eigenvalue weighted by Crippen LogP contribution is 2.36. The molecule has 0 aliphatic carbocycles. The number of rotatable bonds is 7. The Labute approximate surface area is 227 Å². The summed E-state index contributed by atoms with van der Waals surface area (Å²) in [6, 6.07) is 18.6. The van der Waals surface area contributed by atoms with Crippen LogP contribution in [0.4, 0.5) is 0 Å². The molecule has 1 unspecified atom stereocenters. The molecule has 9 nitrogen and oxygen atoms in total. The molecule has 2 aromatic carbocycles. The first-order valence-corrected chi connectivity index (χ1v) is 13.2. The summed E-state index contributed by atoms with van der Waals surface area (Å²) in [7, 11) is 0. The van der Waals surface area contributed by atoms with Crippen molar-refractivity contribution >= 4 is 23.7 Å². The quantitative estimate of drug-likeness (QED) is 0.487. The van der Waals surface area contributed by atoms with E-state index in [1.54, 1.807) is 43.2 Å². The van der Waals surface area contributed by atoms with Gasteiger partial charge in [0, 0.05) is 32.1 Å². The van der Waals surface area contributed by atoms with Gasteiger partial charge in [-0.2, -0.15) is 0 Å². The molecule has 0 spiro atoms. The maximum atomic E-state index is 13.7. The van der Waals surface area contributed by atoms with Gasteiger partial charge in [-0.1, -0.05) is 30.3 Å². The molecule has 3 heterocycles. The second kappa shape index (κ2) is 10.8. The third-order valence-electron chi connectivity index (χ3n) is 7.66. The van der Waals surface area contributed by atoms with Crippen LogP contribution in [0.3, 0.4) is 0 Å². The summed E-state index contributed by atoms with van der Waals surface area (Å²) in [5.41, 5.74) is 8.11. The summed E-state index contributed by atoms with van der Waals surface area (Å²) in [5, 5.41) is 2.87. The van der Waals surface area contributed by atoms with Crippen LogP contribution in [0.5, 0.6) is 0 Å². The number of aliphatic imine (C=N–C) groups is 1. The summed E-state index contributed by atoms with van der Waals surface area (Å²) < 4.78 is 5.28. The molecule has 0 bridgehead atoms. The topological polar surface area (TPSA) is 121 Å². The minimum Gasteiger partial charge on any atom is -0.467 e. The van der Waals surface area contributed by atoms with E-state index < -0.39 is 5.54 Å². The van der Waals surface area contributed by atoms with Crippen molar-refractivity contribution in [2.24, 2.45) is 16.6 Å². The van der Waals surface area contributed by atoms with Gasteiger partial charge in [-0.05, 0) is 72.7 Å². The Hall–Kier alpha value is -4.40. The summed E-state index contributed by atoms with van der Waals surface area (Å²) in [4.78, 5) is 46.1. The first-order valence-electron chi connectivity index (χ1n) is 13.2. The smallest absolute Gasteiger partial charge is 0.261 e. The van der Waals surface area contributed by atoms with E-state index in [9.17, 15) is 14.4 Å². The molecule has 1 atom stereocenters. The summed E-state index contributed by atoms with van der Waals surface area (Å²) in [6.45, 7) is 5.55. The Morgan fingerprint density at radius 3 is 2.49 bits per heavy atom. The molecule has 0 saturated carbocycles. The molecule has 3 amide bonds. The number of hydrogen-bond acceptors (Lipinski definition) is 6.